The average molecular weight is 441 g/mol. The highest BCUT2D eigenvalue weighted by Gasteiger charge is 2.14. The molecule has 7 nitrogen and oxygen atoms in total. The van der Waals surface area contributed by atoms with Crippen molar-refractivity contribution in [3.63, 3.8) is 0 Å². The Bertz CT molecular complexity index is 1250. The van der Waals surface area contributed by atoms with Crippen molar-refractivity contribution >= 4 is 12.1 Å². The van der Waals surface area contributed by atoms with Crippen molar-refractivity contribution in [1.82, 2.24) is 15.2 Å². The van der Waals surface area contributed by atoms with E-state index >= 15 is 0 Å². The molecule has 0 aliphatic heterocycles. The van der Waals surface area contributed by atoms with Crippen molar-refractivity contribution in [3.8, 4) is 28.4 Å². The van der Waals surface area contributed by atoms with Gasteiger partial charge in [0, 0.05) is 5.56 Å². The van der Waals surface area contributed by atoms with E-state index in [9.17, 15) is 4.79 Å². The van der Waals surface area contributed by atoms with Crippen LogP contribution in [0, 0.1) is 6.92 Å². The largest absolute Gasteiger partial charge is 0.497 e. The smallest absolute Gasteiger partial charge is 0.277 e. The molecule has 1 heterocycles. The number of nitrogens with one attached hydrogen (secondary N) is 1. The Labute approximate surface area is 192 Å². The van der Waals surface area contributed by atoms with Gasteiger partial charge in [0.2, 0.25) is 0 Å². The number of benzene rings is 3. The van der Waals surface area contributed by atoms with Crippen LogP contribution in [0.25, 0.3) is 16.9 Å². The van der Waals surface area contributed by atoms with Gasteiger partial charge in [-0.15, -0.1) is 0 Å². The van der Waals surface area contributed by atoms with Gasteiger partial charge >= 0.3 is 0 Å². The van der Waals surface area contributed by atoms with Gasteiger partial charge in [-0.2, -0.15) is 10.2 Å². The monoisotopic (exact) mass is 440 g/mol. The van der Waals surface area contributed by atoms with Crippen LogP contribution in [0.2, 0.25) is 0 Å². The molecule has 0 spiro atoms. The van der Waals surface area contributed by atoms with E-state index in [4.69, 9.17) is 9.47 Å². The Morgan fingerprint density at radius 1 is 1.06 bits per heavy atom. The first-order valence-electron chi connectivity index (χ1n) is 10.4. The molecule has 0 saturated heterocycles. The zero-order chi connectivity index (χ0) is 23.0. The van der Waals surface area contributed by atoms with Crippen LogP contribution < -0.4 is 14.9 Å². The number of rotatable bonds is 8. The van der Waals surface area contributed by atoms with E-state index in [0.29, 0.717) is 5.75 Å². The highest BCUT2D eigenvalue weighted by molar-refractivity contribution is 5.83. The van der Waals surface area contributed by atoms with Crippen molar-refractivity contribution in [3.05, 3.63) is 96.2 Å². The third-order valence-corrected chi connectivity index (χ3v) is 4.93. The lowest BCUT2D eigenvalue weighted by atomic mass is 10.1. The molecule has 0 saturated carbocycles. The van der Waals surface area contributed by atoms with E-state index in [2.05, 4.69) is 15.6 Å². The van der Waals surface area contributed by atoms with Gasteiger partial charge in [-0.05, 0) is 67.1 Å². The minimum Gasteiger partial charge on any atom is -0.497 e. The molecule has 4 aromatic rings. The summed E-state index contributed by atoms with van der Waals surface area (Å²) in [5, 5.41) is 8.45. The first-order valence-corrected chi connectivity index (χ1v) is 10.4. The second-order valence-electron chi connectivity index (χ2n) is 7.32. The van der Waals surface area contributed by atoms with E-state index < -0.39 is 0 Å². The molecule has 0 unspecified atom stereocenters. The van der Waals surface area contributed by atoms with E-state index in [1.165, 1.54) is 0 Å². The number of nitrogens with zero attached hydrogens (tertiary/aromatic N) is 3. The van der Waals surface area contributed by atoms with Gasteiger partial charge in [0.05, 0.1) is 30.9 Å². The Kier molecular flexibility index (Phi) is 6.80. The maximum absolute atomic E-state index is 12.3. The molecule has 0 fully saturated rings. The molecule has 4 rings (SSSR count). The Morgan fingerprint density at radius 2 is 1.85 bits per heavy atom. The lowest BCUT2D eigenvalue weighted by molar-refractivity contribution is -0.123. The highest BCUT2D eigenvalue weighted by atomic mass is 16.5. The summed E-state index contributed by atoms with van der Waals surface area (Å²) in [6.45, 7) is 1.84. The van der Waals surface area contributed by atoms with Gasteiger partial charge in [0.15, 0.2) is 6.61 Å². The second kappa shape index (κ2) is 10.3. The van der Waals surface area contributed by atoms with Gasteiger partial charge in [-0.25, -0.2) is 10.1 Å². The topological polar surface area (TPSA) is 77.7 Å². The van der Waals surface area contributed by atoms with Gasteiger partial charge in [0.25, 0.3) is 5.91 Å². The number of ether oxygens (including phenoxy) is 2. The van der Waals surface area contributed by atoms with Crippen LogP contribution >= 0.6 is 0 Å². The number of hydrogen-bond acceptors (Lipinski definition) is 5. The van der Waals surface area contributed by atoms with Gasteiger partial charge in [0.1, 0.15) is 11.5 Å². The summed E-state index contributed by atoms with van der Waals surface area (Å²) in [5.41, 5.74) is 7.07. The maximum atomic E-state index is 12.3. The van der Waals surface area contributed by atoms with E-state index in [-0.39, 0.29) is 12.5 Å². The van der Waals surface area contributed by atoms with Crippen molar-refractivity contribution < 1.29 is 14.3 Å². The number of hydrazone groups is 1. The summed E-state index contributed by atoms with van der Waals surface area (Å²) in [6, 6.07) is 25.0. The van der Waals surface area contributed by atoms with Crippen molar-refractivity contribution in [2.75, 3.05) is 13.7 Å². The van der Waals surface area contributed by atoms with Crippen LogP contribution in [0.1, 0.15) is 11.1 Å². The van der Waals surface area contributed by atoms with E-state index in [0.717, 1.165) is 33.8 Å². The van der Waals surface area contributed by atoms with Crippen LogP contribution in [-0.2, 0) is 4.79 Å². The van der Waals surface area contributed by atoms with Crippen LogP contribution in [0.4, 0.5) is 0 Å². The number of aryl methyl sites for hydroxylation is 1. The summed E-state index contributed by atoms with van der Waals surface area (Å²) in [6.07, 6.45) is 3.31. The van der Waals surface area contributed by atoms with Crippen LogP contribution in [0.5, 0.6) is 11.5 Å². The molecule has 1 aromatic heterocycles. The molecule has 7 heteroatoms. The van der Waals surface area contributed by atoms with E-state index in [1.807, 2.05) is 90.5 Å². The number of para-hydroxylation sites is 1. The number of amides is 1. The second-order valence-corrected chi connectivity index (χ2v) is 7.32. The molecule has 3 aromatic carbocycles. The lowest BCUT2D eigenvalue weighted by Gasteiger charge is -2.14. The molecule has 0 aliphatic carbocycles. The predicted molar refractivity (Wildman–Crippen MR) is 128 cm³/mol. The maximum Gasteiger partial charge on any atom is 0.277 e. The standard InChI is InChI=1S/C26H24N4O3/c1-19-8-13-25(23(16-19)24-14-15-28-30(24)21-6-4-3-5-7-21)33-18-26(31)29-27-17-20-9-11-22(32-2)12-10-20/h3-17H,18H2,1-2H3,(H,29,31)/b27-17+. The summed E-state index contributed by atoms with van der Waals surface area (Å²) < 4.78 is 12.8. The van der Waals surface area contributed by atoms with Gasteiger partial charge < -0.3 is 9.47 Å². The van der Waals surface area contributed by atoms with Crippen LogP contribution in [0.15, 0.2) is 90.2 Å². The first kappa shape index (κ1) is 21.8. The summed E-state index contributed by atoms with van der Waals surface area (Å²) in [4.78, 5) is 12.3. The zero-order valence-corrected chi connectivity index (χ0v) is 18.4. The number of carbonyl (C=O) groups is 1. The van der Waals surface area contributed by atoms with Crippen molar-refractivity contribution in [2.45, 2.75) is 6.92 Å². The SMILES string of the molecule is COc1ccc(/C=N/NC(=O)COc2ccc(C)cc2-c2ccnn2-c2ccccc2)cc1. The number of aromatic nitrogens is 2. The summed E-state index contributed by atoms with van der Waals surface area (Å²) >= 11 is 0. The number of methoxy groups -OCH3 is 1. The minimum absolute atomic E-state index is 0.171. The molecular weight excluding hydrogens is 416 g/mol. The molecule has 0 radical (unpaired) electrons. The fraction of sp³-hybridized carbons (Fsp3) is 0.115. The van der Waals surface area contributed by atoms with Crippen LogP contribution in [0.3, 0.4) is 0 Å². The molecule has 33 heavy (non-hydrogen) atoms. The average Bonchev–Trinajstić information content (AvgIpc) is 3.34. The molecule has 0 bridgehead atoms. The Morgan fingerprint density at radius 3 is 2.61 bits per heavy atom. The lowest BCUT2D eigenvalue weighted by Crippen LogP contribution is -2.24. The fourth-order valence-electron chi connectivity index (χ4n) is 3.30. The molecule has 1 N–H and O–H groups in total. The number of carbonyl (C=O) groups excluding carboxylic acids is 1. The quantitative estimate of drug-likeness (QED) is 0.326. The van der Waals surface area contributed by atoms with Gasteiger partial charge in [-0.3, -0.25) is 4.79 Å². The molecule has 0 aliphatic rings. The van der Waals surface area contributed by atoms with Crippen molar-refractivity contribution in [1.29, 1.82) is 0 Å². The van der Waals surface area contributed by atoms with Gasteiger partial charge in [-0.1, -0.05) is 29.8 Å². The third-order valence-electron chi connectivity index (χ3n) is 4.93. The molecular formula is C26H24N4O3. The number of hydrogen-bond donors (Lipinski definition) is 1. The summed E-state index contributed by atoms with van der Waals surface area (Å²) in [5.74, 6) is 0.988. The minimum atomic E-state index is -0.358. The third kappa shape index (κ3) is 5.46. The molecule has 0 atom stereocenters. The Balaban J connectivity index is 1.45. The predicted octanol–water partition coefficient (Wildman–Crippen LogP) is 4.39. The zero-order valence-electron chi connectivity index (χ0n) is 18.4. The Hall–Kier alpha value is -4.39. The molecule has 1 amide bonds. The first-order chi connectivity index (χ1) is 16.1. The fourth-order valence-corrected chi connectivity index (χ4v) is 3.30. The van der Waals surface area contributed by atoms with Crippen molar-refractivity contribution in [2.24, 2.45) is 5.10 Å². The summed E-state index contributed by atoms with van der Waals surface area (Å²) in [7, 11) is 1.61. The van der Waals surface area contributed by atoms with E-state index in [1.54, 1.807) is 19.5 Å². The normalized spacial score (nSPS) is 10.8. The molecule has 166 valence electrons. The highest BCUT2D eigenvalue weighted by Crippen LogP contribution is 2.32. The van der Waals surface area contributed by atoms with Crippen LogP contribution in [-0.4, -0.2) is 35.6 Å².